The molecule has 0 aliphatic rings. The largest absolute Gasteiger partial charge is 0.220 e. The summed E-state index contributed by atoms with van der Waals surface area (Å²) in [6.07, 6.45) is 2.99. The lowest BCUT2D eigenvalue weighted by atomic mass is 10.3. The molecular formula is C11H10N4. The Hall–Kier alpha value is -2.15. The fraction of sp³-hybridized carbons (Fsp3) is 0.182. The highest BCUT2D eigenvalue weighted by Gasteiger charge is 2.01. The summed E-state index contributed by atoms with van der Waals surface area (Å²) in [6.45, 7) is 0. The number of nitriles is 1. The third-order valence-electron chi connectivity index (χ3n) is 2.05. The van der Waals surface area contributed by atoms with Crippen molar-refractivity contribution in [3.8, 4) is 11.8 Å². The second-order valence-corrected chi connectivity index (χ2v) is 3.15. The van der Waals surface area contributed by atoms with Crippen LogP contribution in [0.4, 0.5) is 0 Å². The molecule has 0 aliphatic heterocycles. The summed E-state index contributed by atoms with van der Waals surface area (Å²) in [5.74, 6) is 0. The van der Waals surface area contributed by atoms with Crippen LogP contribution in [-0.4, -0.2) is 15.0 Å². The van der Waals surface area contributed by atoms with Crippen LogP contribution in [0.25, 0.3) is 5.69 Å². The minimum atomic E-state index is 0.480. The molecule has 0 saturated carbocycles. The van der Waals surface area contributed by atoms with Crippen molar-refractivity contribution >= 4 is 0 Å². The quantitative estimate of drug-likeness (QED) is 0.754. The van der Waals surface area contributed by atoms with Crippen LogP contribution in [0.15, 0.2) is 36.5 Å². The molecule has 0 fully saturated rings. The molecule has 4 heteroatoms. The first-order valence-electron chi connectivity index (χ1n) is 4.74. The number of rotatable bonds is 3. The zero-order chi connectivity index (χ0) is 10.5. The van der Waals surface area contributed by atoms with Crippen molar-refractivity contribution in [3.63, 3.8) is 0 Å². The highest BCUT2D eigenvalue weighted by atomic mass is 15.4. The van der Waals surface area contributed by atoms with Gasteiger partial charge < -0.3 is 0 Å². The van der Waals surface area contributed by atoms with E-state index >= 15 is 0 Å². The summed E-state index contributed by atoms with van der Waals surface area (Å²) < 4.78 is 1.71. The van der Waals surface area contributed by atoms with Gasteiger partial charge in [0.2, 0.25) is 0 Å². The van der Waals surface area contributed by atoms with E-state index in [-0.39, 0.29) is 0 Å². The lowest BCUT2D eigenvalue weighted by molar-refractivity contribution is 0.795. The zero-order valence-corrected chi connectivity index (χ0v) is 8.17. The highest BCUT2D eigenvalue weighted by Crippen LogP contribution is 2.06. The van der Waals surface area contributed by atoms with E-state index in [1.165, 1.54) is 0 Å². The summed E-state index contributed by atoms with van der Waals surface area (Å²) >= 11 is 0. The Labute approximate surface area is 87.8 Å². The van der Waals surface area contributed by atoms with E-state index in [9.17, 15) is 0 Å². The molecule has 74 valence electrons. The van der Waals surface area contributed by atoms with Gasteiger partial charge in [-0.1, -0.05) is 23.4 Å². The number of aromatic nitrogens is 3. The predicted octanol–water partition coefficient (Wildman–Crippen LogP) is 1.72. The summed E-state index contributed by atoms with van der Waals surface area (Å²) in [7, 11) is 0. The lowest BCUT2D eigenvalue weighted by Crippen LogP contribution is -1.93. The number of hydrogen-bond donors (Lipinski definition) is 0. The Morgan fingerprint density at radius 1 is 1.27 bits per heavy atom. The van der Waals surface area contributed by atoms with E-state index in [1.807, 2.05) is 36.5 Å². The molecule has 4 nitrogen and oxygen atoms in total. The highest BCUT2D eigenvalue weighted by molar-refractivity contribution is 5.29. The first-order chi connectivity index (χ1) is 7.40. The van der Waals surface area contributed by atoms with Crippen LogP contribution in [0, 0.1) is 11.3 Å². The van der Waals surface area contributed by atoms with Crippen molar-refractivity contribution < 1.29 is 0 Å². The van der Waals surface area contributed by atoms with Gasteiger partial charge >= 0.3 is 0 Å². The first-order valence-corrected chi connectivity index (χ1v) is 4.74. The van der Waals surface area contributed by atoms with Crippen molar-refractivity contribution in [2.24, 2.45) is 0 Å². The molecule has 0 bridgehead atoms. The fourth-order valence-electron chi connectivity index (χ4n) is 1.30. The van der Waals surface area contributed by atoms with Crippen molar-refractivity contribution in [2.75, 3.05) is 0 Å². The SMILES string of the molecule is N#CCCc1cn(-c2ccccc2)nn1. The molecule has 0 aliphatic carbocycles. The van der Waals surface area contributed by atoms with Crippen molar-refractivity contribution in [1.29, 1.82) is 5.26 Å². The van der Waals surface area contributed by atoms with Gasteiger partial charge in [-0.3, -0.25) is 0 Å². The van der Waals surface area contributed by atoms with Gasteiger partial charge in [0.25, 0.3) is 0 Å². The summed E-state index contributed by atoms with van der Waals surface area (Å²) in [6, 6.07) is 11.9. The molecular weight excluding hydrogens is 188 g/mol. The van der Waals surface area contributed by atoms with Crippen molar-refractivity contribution in [1.82, 2.24) is 15.0 Å². The topological polar surface area (TPSA) is 54.5 Å². The van der Waals surface area contributed by atoms with E-state index in [4.69, 9.17) is 5.26 Å². The average Bonchev–Trinajstić information content (AvgIpc) is 2.76. The molecule has 2 aromatic rings. The van der Waals surface area contributed by atoms with Crippen LogP contribution in [0.3, 0.4) is 0 Å². The molecule has 1 aromatic carbocycles. The predicted molar refractivity (Wildman–Crippen MR) is 55.3 cm³/mol. The van der Waals surface area contributed by atoms with Crippen LogP contribution >= 0.6 is 0 Å². The minimum absolute atomic E-state index is 0.480. The molecule has 0 N–H and O–H groups in total. The molecule has 15 heavy (non-hydrogen) atoms. The lowest BCUT2D eigenvalue weighted by Gasteiger charge is -1.96. The van der Waals surface area contributed by atoms with Crippen LogP contribution in [0.5, 0.6) is 0 Å². The molecule has 0 saturated heterocycles. The van der Waals surface area contributed by atoms with Crippen LogP contribution in [0.2, 0.25) is 0 Å². The van der Waals surface area contributed by atoms with E-state index in [0.29, 0.717) is 12.8 Å². The number of benzene rings is 1. The molecule has 1 aromatic heterocycles. The van der Waals surface area contributed by atoms with Gasteiger partial charge in [-0.05, 0) is 12.1 Å². The van der Waals surface area contributed by atoms with Crippen LogP contribution < -0.4 is 0 Å². The van der Waals surface area contributed by atoms with Gasteiger partial charge in [0.1, 0.15) is 0 Å². The number of nitrogens with zero attached hydrogens (tertiary/aromatic N) is 4. The van der Waals surface area contributed by atoms with Crippen molar-refractivity contribution in [2.45, 2.75) is 12.8 Å². The molecule has 0 radical (unpaired) electrons. The summed E-state index contributed by atoms with van der Waals surface area (Å²) in [4.78, 5) is 0. The van der Waals surface area contributed by atoms with E-state index in [2.05, 4.69) is 16.4 Å². The van der Waals surface area contributed by atoms with Gasteiger partial charge in [-0.15, -0.1) is 5.10 Å². The molecule has 0 spiro atoms. The first kappa shape index (κ1) is 9.41. The maximum absolute atomic E-state index is 8.45. The second-order valence-electron chi connectivity index (χ2n) is 3.15. The third kappa shape index (κ3) is 2.20. The summed E-state index contributed by atoms with van der Waals surface area (Å²) in [5, 5.41) is 16.4. The summed E-state index contributed by atoms with van der Waals surface area (Å²) in [5.41, 5.74) is 1.83. The Balaban J connectivity index is 2.18. The molecule has 0 unspecified atom stereocenters. The smallest absolute Gasteiger partial charge is 0.0842 e. The zero-order valence-electron chi connectivity index (χ0n) is 8.17. The molecule has 2 rings (SSSR count). The van der Waals surface area contributed by atoms with Crippen LogP contribution in [0.1, 0.15) is 12.1 Å². The minimum Gasteiger partial charge on any atom is -0.220 e. The standard InChI is InChI=1S/C11H10N4/c12-8-4-5-10-9-15(14-13-10)11-6-2-1-3-7-11/h1-3,6-7,9H,4-5H2. The maximum Gasteiger partial charge on any atom is 0.0842 e. The van der Waals surface area contributed by atoms with E-state index < -0.39 is 0 Å². The average molecular weight is 198 g/mol. The number of hydrogen-bond acceptors (Lipinski definition) is 3. The van der Waals surface area contributed by atoms with Gasteiger partial charge in [0.15, 0.2) is 0 Å². The molecule has 1 heterocycles. The number of para-hydroxylation sites is 1. The Morgan fingerprint density at radius 3 is 2.80 bits per heavy atom. The molecule has 0 atom stereocenters. The van der Waals surface area contributed by atoms with Crippen LogP contribution in [-0.2, 0) is 6.42 Å². The van der Waals surface area contributed by atoms with E-state index in [0.717, 1.165) is 11.4 Å². The Morgan fingerprint density at radius 2 is 2.07 bits per heavy atom. The van der Waals surface area contributed by atoms with Gasteiger partial charge in [-0.25, -0.2) is 4.68 Å². The number of aryl methyl sites for hydroxylation is 1. The monoisotopic (exact) mass is 198 g/mol. The van der Waals surface area contributed by atoms with Gasteiger partial charge in [-0.2, -0.15) is 5.26 Å². The van der Waals surface area contributed by atoms with Gasteiger partial charge in [0.05, 0.1) is 23.6 Å². The van der Waals surface area contributed by atoms with Gasteiger partial charge in [0, 0.05) is 12.8 Å². The molecule has 0 amide bonds. The Bertz CT molecular complexity index is 467. The fourth-order valence-corrected chi connectivity index (χ4v) is 1.30. The normalized spacial score (nSPS) is 9.80. The van der Waals surface area contributed by atoms with E-state index in [1.54, 1.807) is 4.68 Å². The maximum atomic E-state index is 8.45. The van der Waals surface area contributed by atoms with Crippen molar-refractivity contribution in [3.05, 3.63) is 42.2 Å². The second kappa shape index (κ2) is 4.38. The third-order valence-corrected chi connectivity index (χ3v) is 2.05. The Kier molecular flexibility index (Phi) is 2.75.